The van der Waals surface area contributed by atoms with Gasteiger partial charge in [-0.25, -0.2) is 0 Å². The highest BCUT2D eigenvalue weighted by Gasteiger charge is 2.17. The number of benzene rings is 4. The number of anilines is 2. The fourth-order valence-electron chi connectivity index (χ4n) is 4.18. The van der Waals surface area contributed by atoms with Crippen LogP contribution in [0.3, 0.4) is 0 Å². The van der Waals surface area contributed by atoms with Gasteiger partial charge in [0.25, 0.3) is 11.8 Å². The number of nitrogens with zero attached hydrogens (tertiary/aromatic N) is 1. The number of pyridine rings is 1. The molecule has 0 aliphatic rings. The molecule has 0 spiro atoms. The SMILES string of the molecule is CC(Sc1cccc(NC(=O)/C(=C/c2cccnc2)NC(=O)c2ccccc2)c1)C(=O)Nc1ccc2ccccc2c1. The van der Waals surface area contributed by atoms with Gasteiger partial charge in [0.05, 0.1) is 5.25 Å². The number of carbonyl (C=O) groups excluding carboxylic acids is 3. The third-order valence-corrected chi connectivity index (χ3v) is 7.41. The lowest BCUT2D eigenvalue weighted by Gasteiger charge is -2.14. The molecule has 0 bridgehead atoms. The number of aromatic nitrogens is 1. The Morgan fingerprint density at radius 3 is 2.31 bits per heavy atom. The van der Waals surface area contributed by atoms with Crippen molar-refractivity contribution in [2.45, 2.75) is 17.1 Å². The molecule has 42 heavy (non-hydrogen) atoms. The molecule has 7 nitrogen and oxygen atoms in total. The molecule has 0 fully saturated rings. The molecular formula is C34H28N4O3S. The van der Waals surface area contributed by atoms with Crippen LogP contribution in [-0.4, -0.2) is 28.0 Å². The number of thioether (sulfide) groups is 1. The van der Waals surface area contributed by atoms with Gasteiger partial charge in [0, 0.05) is 34.2 Å². The minimum Gasteiger partial charge on any atom is -0.325 e. The Labute approximate surface area is 248 Å². The van der Waals surface area contributed by atoms with E-state index in [0.29, 0.717) is 16.8 Å². The molecule has 1 heterocycles. The second-order valence-electron chi connectivity index (χ2n) is 9.46. The number of nitrogens with one attached hydrogen (secondary N) is 3. The summed E-state index contributed by atoms with van der Waals surface area (Å²) in [7, 11) is 0. The van der Waals surface area contributed by atoms with Crippen LogP contribution in [0.5, 0.6) is 0 Å². The largest absolute Gasteiger partial charge is 0.325 e. The highest BCUT2D eigenvalue weighted by Crippen LogP contribution is 2.27. The van der Waals surface area contributed by atoms with Crippen molar-refractivity contribution in [3.05, 3.63) is 138 Å². The molecule has 5 aromatic rings. The van der Waals surface area contributed by atoms with Gasteiger partial charge in [0.1, 0.15) is 5.70 Å². The van der Waals surface area contributed by atoms with E-state index in [-0.39, 0.29) is 11.6 Å². The topological polar surface area (TPSA) is 100 Å². The molecule has 3 N–H and O–H groups in total. The van der Waals surface area contributed by atoms with Gasteiger partial charge in [-0.15, -0.1) is 11.8 Å². The standard InChI is InChI=1S/C34H28N4O3S/c1-23(32(39)36-29-17-16-25-10-5-6-13-27(25)20-29)42-30-15-7-14-28(21-30)37-34(41)31(19-24-9-8-18-35-22-24)38-33(40)26-11-3-2-4-12-26/h2-23H,1H3,(H,36,39)(H,37,41)(H,38,40)/b31-19-. The van der Waals surface area contributed by atoms with Crippen LogP contribution in [0.1, 0.15) is 22.8 Å². The van der Waals surface area contributed by atoms with E-state index in [1.165, 1.54) is 11.8 Å². The zero-order valence-corrected chi connectivity index (χ0v) is 23.6. The molecule has 0 aliphatic heterocycles. The molecule has 0 aliphatic carbocycles. The van der Waals surface area contributed by atoms with Gasteiger partial charge < -0.3 is 16.0 Å². The minimum absolute atomic E-state index is 0.0676. The molecule has 8 heteroatoms. The molecular weight excluding hydrogens is 544 g/mol. The van der Waals surface area contributed by atoms with Crippen LogP contribution in [0.4, 0.5) is 11.4 Å². The lowest BCUT2D eigenvalue weighted by Crippen LogP contribution is -2.30. The Morgan fingerprint density at radius 2 is 1.52 bits per heavy atom. The Hall–Kier alpha value is -5.21. The van der Waals surface area contributed by atoms with E-state index in [1.807, 2.05) is 61.5 Å². The Bertz CT molecular complexity index is 1760. The summed E-state index contributed by atoms with van der Waals surface area (Å²) in [5.74, 6) is -1.03. The molecule has 5 rings (SSSR count). The number of rotatable bonds is 9. The fraction of sp³-hybridized carbons (Fsp3) is 0.0588. The van der Waals surface area contributed by atoms with Gasteiger partial charge in [-0.2, -0.15) is 0 Å². The lowest BCUT2D eigenvalue weighted by molar-refractivity contribution is -0.115. The van der Waals surface area contributed by atoms with E-state index in [1.54, 1.807) is 73.1 Å². The monoisotopic (exact) mass is 572 g/mol. The quantitative estimate of drug-likeness (QED) is 0.134. The van der Waals surface area contributed by atoms with Crippen molar-refractivity contribution >= 4 is 57.7 Å². The normalized spacial score (nSPS) is 11.9. The molecule has 3 amide bonds. The molecule has 1 unspecified atom stereocenters. The maximum atomic E-state index is 13.3. The maximum absolute atomic E-state index is 13.3. The Morgan fingerprint density at radius 1 is 0.762 bits per heavy atom. The predicted molar refractivity (Wildman–Crippen MR) is 169 cm³/mol. The van der Waals surface area contributed by atoms with E-state index in [9.17, 15) is 14.4 Å². The summed E-state index contributed by atoms with van der Waals surface area (Å²) in [4.78, 5) is 44.0. The van der Waals surface area contributed by atoms with Crippen LogP contribution < -0.4 is 16.0 Å². The van der Waals surface area contributed by atoms with Crippen LogP contribution >= 0.6 is 11.8 Å². The molecule has 208 valence electrons. The smallest absolute Gasteiger partial charge is 0.272 e. The van der Waals surface area contributed by atoms with Gasteiger partial charge in [-0.1, -0.05) is 60.7 Å². The molecule has 0 radical (unpaired) electrons. The first-order valence-corrected chi connectivity index (χ1v) is 14.2. The van der Waals surface area contributed by atoms with E-state index in [2.05, 4.69) is 20.9 Å². The first-order chi connectivity index (χ1) is 20.4. The average Bonchev–Trinajstić information content (AvgIpc) is 3.01. The molecule has 4 aromatic carbocycles. The molecule has 1 aromatic heterocycles. The van der Waals surface area contributed by atoms with Gasteiger partial charge in [0.2, 0.25) is 5.91 Å². The van der Waals surface area contributed by atoms with Gasteiger partial charge >= 0.3 is 0 Å². The minimum atomic E-state index is -0.493. The number of hydrogen-bond donors (Lipinski definition) is 3. The zero-order valence-electron chi connectivity index (χ0n) is 22.8. The summed E-state index contributed by atoms with van der Waals surface area (Å²) in [6, 6.07) is 33.2. The van der Waals surface area contributed by atoms with Crippen molar-refractivity contribution in [1.29, 1.82) is 0 Å². The average molecular weight is 573 g/mol. The molecule has 0 saturated heterocycles. The van der Waals surface area contributed by atoms with E-state index >= 15 is 0 Å². The number of amides is 3. The first kappa shape index (κ1) is 28.3. The van der Waals surface area contributed by atoms with Crippen LogP contribution in [0.15, 0.2) is 132 Å². The molecule has 1 atom stereocenters. The second kappa shape index (κ2) is 13.4. The molecule has 0 saturated carbocycles. The number of fused-ring (bicyclic) bond motifs is 1. The van der Waals surface area contributed by atoms with Crippen molar-refractivity contribution in [2.24, 2.45) is 0 Å². The van der Waals surface area contributed by atoms with Crippen molar-refractivity contribution in [1.82, 2.24) is 10.3 Å². The van der Waals surface area contributed by atoms with Crippen LogP contribution in [0.25, 0.3) is 16.8 Å². The number of carbonyl (C=O) groups is 3. The number of hydrogen-bond acceptors (Lipinski definition) is 5. The lowest BCUT2D eigenvalue weighted by atomic mass is 10.1. The van der Waals surface area contributed by atoms with E-state index in [4.69, 9.17) is 0 Å². The zero-order chi connectivity index (χ0) is 29.3. The Kier molecular flexibility index (Phi) is 9.06. The van der Waals surface area contributed by atoms with Crippen LogP contribution in [-0.2, 0) is 9.59 Å². The van der Waals surface area contributed by atoms with Crippen LogP contribution in [0.2, 0.25) is 0 Å². The summed E-state index contributed by atoms with van der Waals surface area (Å²) < 4.78 is 0. The van der Waals surface area contributed by atoms with Gasteiger partial charge in [-0.05, 0) is 77.9 Å². The summed E-state index contributed by atoms with van der Waals surface area (Å²) in [5.41, 5.74) is 2.41. The summed E-state index contributed by atoms with van der Waals surface area (Å²) >= 11 is 1.38. The van der Waals surface area contributed by atoms with Crippen molar-refractivity contribution in [3.8, 4) is 0 Å². The van der Waals surface area contributed by atoms with E-state index in [0.717, 1.165) is 21.4 Å². The van der Waals surface area contributed by atoms with Crippen molar-refractivity contribution in [3.63, 3.8) is 0 Å². The van der Waals surface area contributed by atoms with Gasteiger partial charge in [0.15, 0.2) is 0 Å². The van der Waals surface area contributed by atoms with Gasteiger partial charge in [-0.3, -0.25) is 19.4 Å². The second-order valence-corrected chi connectivity index (χ2v) is 10.9. The maximum Gasteiger partial charge on any atom is 0.272 e. The van der Waals surface area contributed by atoms with Crippen LogP contribution in [0, 0.1) is 0 Å². The summed E-state index contributed by atoms with van der Waals surface area (Å²) in [5, 5.41) is 10.3. The predicted octanol–water partition coefficient (Wildman–Crippen LogP) is 6.76. The first-order valence-electron chi connectivity index (χ1n) is 13.3. The third-order valence-electron chi connectivity index (χ3n) is 6.32. The van der Waals surface area contributed by atoms with Crippen molar-refractivity contribution in [2.75, 3.05) is 10.6 Å². The third kappa shape index (κ3) is 7.50. The fourth-order valence-corrected chi connectivity index (χ4v) is 5.11. The Balaban J connectivity index is 1.26. The summed E-state index contributed by atoms with van der Waals surface area (Å²) in [6.45, 7) is 1.83. The van der Waals surface area contributed by atoms with Crippen molar-refractivity contribution < 1.29 is 14.4 Å². The highest BCUT2D eigenvalue weighted by molar-refractivity contribution is 8.00. The highest BCUT2D eigenvalue weighted by atomic mass is 32.2. The summed E-state index contributed by atoms with van der Waals surface area (Å²) in [6.07, 6.45) is 4.80. The van der Waals surface area contributed by atoms with E-state index < -0.39 is 17.1 Å².